The van der Waals surface area contributed by atoms with E-state index >= 15 is 0 Å². The number of carbonyl (C=O) groups is 1. The molecule has 3 aromatic rings. The summed E-state index contributed by atoms with van der Waals surface area (Å²) in [5.41, 5.74) is 1.86. The molecular formula is C19H18Cl2N4OS. The van der Waals surface area contributed by atoms with E-state index in [1.807, 2.05) is 22.8 Å². The van der Waals surface area contributed by atoms with E-state index in [0.29, 0.717) is 33.1 Å². The summed E-state index contributed by atoms with van der Waals surface area (Å²) < 4.78 is 1.84. The van der Waals surface area contributed by atoms with Crippen molar-refractivity contribution in [3.8, 4) is 5.69 Å². The van der Waals surface area contributed by atoms with Crippen LogP contribution in [0.4, 0.5) is 0 Å². The molecule has 0 aliphatic rings. The topological polar surface area (TPSA) is 59.8 Å². The van der Waals surface area contributed by atoms with Gasteiger partial charge in [-0.2, -0.15) is 0 Å². The van der Waals surface area contributed by atoms with Crippen molar-refractivity contribution in [1.82, 2.24) is 20.1 Å². The maximum absolute atomic E-state index is 11.7. The van der Waals surface area contributed by atoms with Crippen LogP contribution in [0.5, 0.6) is 0 Å². The highest BCUT2D eigenvalue weighted by molar-refractivity contribution is 7.98. The number of aromatic nitrogens is 3. The van der Waals surface area contributed by atoms with E-state index in [0.717, 1.165) is 5.75 Å². The molecule has 0 unspecified atom stereocenters. The minimum Gasteiger partial charge on any atom is -0.349 e. The van der Waals surface area contributed by atoms with Crippen molar-refractivity contribution >= 4 is 40.9 Å². The van der Waals surface area contributed by atoms with Crippen LogP contribution in [0.3, 0.4) is 0 Å². The van der Waals surface area contributed by atoms with Crippen molar-refractivity contribution in [3.05, 3.63) is 70.0 Å². The van der Waals surface area contributed by atoms with Gasteiger partial charge in [0.05, 0.1) is 17.3 Å². The SMILES string of the molecule is CCC(=O)NCc1nnc(SCc2ccccc2)n1-c1cc(Cl)ccc1Cl. The summed E-state index contributed by atoms with van der Waals surface area (Å²) in [7, 11) is 0. The Kier molecular flexibility index (Phi) is 6.77. The van der Waals surface area contributed by atoms with E-state index < -0.39 is 0 Å². The van der Waals surface area contributed by atoms with Gasteiger partial charge in [0.1, 0.15) is 0 Å². The maximum Gasteiger partial charge on any atom is 0.220 e. The average molecular weight is 421 g/mol. The molecule has 0 atom stereocenters. The number of nitrogens with one attached hydrogen (secondary N) is 1. The molecule has 5 nitrogen and oxygen atoms in total. The fourth-order valence-electron chi connectivity index (χ4n) is 2.43. The van der Waals surface area contributed by atoms with Gasteiger partial charge < -0.3 is 5.32 Å². The number of rotatable bonds is 7. The fourth-order valence-corrected chi connectivity index (χ4v) is 3.72. The molecule has 140 valence electrons. The van der Waals surface area contributed by atoms with Crippen LogP contribution in [0.2, 0.25) is 10.0 Å². The Hall–Kier alpha value is -2.02. The summed E-state index contributed by atoms with van der Waals surface area (Å²) in [5, 5.41) is 13.2. The van der Waals surface area contributed by atoms with Gasteiger partial charge in [-0.05, 0) is 23.8 Å². The Morgan fingerprint density at radius 2 is 1.93 bits per heavy atom. The molecule has 1 N–H and O–H groups in total. The normalized spacial score (nSPS) is 10.8. The zero-order valence-electron chi connectivity index (χ0n) is 14.7. The van der Waals surface area contributed by atoms with Gasteiger partial charge in [0.25, 0.3) is 0 Å². The zero-order chi connectivity index (χ0) is 19.2. The molecule has 1 heterocycles. The summed E-state index contributed by atoms with van der Waals surface area (Å²) in [6, 6.07) is 15.3. The van der Waals surface area contributed by atoms with E-state index in [1.54, 1.807) is 36.9 Å². The van der Waals surface area contributed by atoms with Gasteiger partial charge in [-0.25, -0.2) is 0 Å². The monoisotopic (exact) mass is 420 g/mol. The lowest BCUT2D eigenvalue weighted by Crippen LogP contribution is -2.23. The number of hydrogen-bond donors (Lipinski definition) is 1. The van der Waals surface area contributed by atoms with Crippen molar-refractivity contribution in [2.24, 2.45) is 0 Å². The molecule has 1 aromatic heterocycles. The van der Waals surface area contributed by atoms with E-state index in [4.69, 9.17) is 23.2 Å². The second-order valence-electron chi connectivity index (χ2n) is 5.73. The number of halogens is 2. The van der Waals surface area contributed by atoms with Crippen LogP contribution in [-0.4, -0.2) is 20.7 Å². The second-order valence-corrected chi connectivity index (χ2v) is 7.52. The zero-order valence-corrected chi connectivity index (χ0v) is 17.0. The van der Waals surface area contributed by atoms with E-state index in [9.17, 15) is 4.79 Å². The standard InChI is InChI=1S/C19H18Cl2N4OS/c1-2-18(26)22-11-17-23-24-19(27-12-13-6-4-3-5-7-13)25(17)16-10-14(20)8-9-15(16)21/h3-10H,2,11-12H2,1H3,(H,22,26). The lowest BCUT2D eigenvalue weighted by molar-refractivity contribution is -0.120. The third-order valence-corrected chi connectivity index (χ3v) is 5.38. The molecule has 27 heavy (non-hydrogen) atoms. The molecule has 8 heteroatoms. The first-order chi connectivity index (χ1) is 13.1. The van der Waals surface area contributed by atoms with Gasteiger partial charge in [-0.3, -0.25) is 9.36 Å². The van der Waals surface area contributed by atoms with Crippen LogP contribution in [0.15, 0.2) is 53.7 Å². The van der Waals surface area contributed by atoms with Crippen LogP contribution in [0, 0.1) is 0 Å². The van der Waals surface area contributed by atoms with Gasteiger partial charge in [0.15, 0.2) is 11.0 Å². The average Bonchev–Trinajstić information content (AvgIpc) is 3.09. The number of carbonyl (C=O) groups excluding carboxylic acids is 1. The highest BCUT2D eigenvalue weighted by Crippen LogP contribution is 2.30. The van der Waals surface area contributed by atoms with Gasteiger partial charge >= 0.3 is 0 Å². The van der Waals surface area contributed by atoms with Crippen LogP contribution in [0.25, 0.3) is 5.69 Å². The molecule has 0 fully saturated rings. The third-order valence-electron chi connectivity index (χ3n) is 3.83. The van der Waals surface area contributed by atoms with Gasteiger partial charge in [0.2, 0.25) is 5.91 Å². The van der Waals surface area contributed by atoms with Crippen LogP contribution in [0.1, 0.15) is 24.7 Å². The molecule has 2 aromatic carbocycles. The maximum atomic E-state index is 11.7. The predicted octanol–water partition coefficient (Wildman–Crippen LogP) is 4.89. The number of amides is 1. The molecule has 0 aliphatic heterocycles. The minimum atomic E-state index is -0.0553. The largest absolute Gasteiger partial charge is 0.349 e. The molecule has 0 bridgehead atoms. The Morgan fingerprint density at radius 1 is 1.15 bits per heavy atom. The third kappa shape index (κ3) is 5.03. The van der Waals surface area contributed by atoms with Crippen molar-refractivity contribution in [2.75, 3.05) is 0 Å². The molecule has 1 amide bonds. The van der Waals surface area contributed by atoms with Crippen molar-refractivity contribution in [3.63, 3.8) is 0 Å². The van der Waals surface area contributed by atoms with Crippen LogP contribution < -0.4 is 5.32 Å². The molecule has 3 rings (SSSR count). The molecular weight excluding hydrogens is 403 g/mol. The van der Waals surface area contributed by atoms with E-state index in [-0.39, 0.29) is 12.5 Å². The first kappa shape index (κ1) is 19.7. The minimum absolute atomic E-state index is 0.0553. The quantitative estimate of drug-likeness (QED) is 0.552. The Labute approximate surface area is 172 Å². The summed E-state index contributed by atoms with van der Waals surface area (Å²) in [4.78, 5) is 11.7. The van der Waals surface area contributed by atoms with Gasteiger partial charge in [0, 0.05) is 17.2 Å². The second kappa shape index (κ2) is 9.26. The number of nitrogens with zero attached hydrogens (tertiary/aromatic N) is 3. The highest BCUT2D eigenvalue weighted by atomic mass is 35.5. The number of benzene rings is 2. The smallest absolute Gasteiger partial charge is 0.220 e. The van der Waals surface area contributed by atoms with E-state index in [2.05, 4.69) is 27.6 Å². The van der Waals surface area contributed by atoms with Crippen molar-refractivity contribution in [1.29, 1.82) is 0 Å². The summed E-state index contributed by atoms with van der Waals surface area (Å²) >= 11 is 14.1. The number of hydrogen-bond acceptors (Lipinski definition) is 4. The Bertz CT molecular complexity index is 931. The molecule has 0 radical (unpaired) electrons. The van der Waals surface area contributed by atoms with Crippen molar-refractivity contribution in [2.45, 2.75) is 30.8 Å². The van der Waals surface area contributed by atoms with Gasteiger partial charge in [-0.15, -0.1) is 10.2 Å². The first-order valence-electron chi connectivity index (χ1n) is 8.41. The lowest BCUT2D eigenvalue weighted by atomic mass is 10.2. The summed E-state index contributed by atoms with van der Waals surface area (Å²) in [5.74, 6) is 1.27. The number of thioether (sulfide) groups is 1. The molecule has 0 saturated heterocycles. The van der Waals surface area contributed by atoms with Crippen molar-refractivity contribution < 1.29 is 4.79 Å². The van der Waals surface area contributed by atoms with Crippen LogP contribution >= 0.6 is 35.0 Å². The summed E-state index contributed by atoms with van der Waals surface area (Å²) in [6.07, 6.45) is 0.404. The first-order valence-corrected chi connectivity index (χ1v) is 10.2. The molecule has 0 saturated carbocycles. The Morgan fingerprint density at radius 3 is 2.67 bits per heavy atom. The highest BCUT2D eigenvalue weighted by Gasteiger charge is 2.17. The summed E-state index contributed by atoms with van der Waals surface area (Å²) in [6.45, 7) is 2.06. The van der Waals surface area contributed by atoms with E-state index in [1.165, 1.54) is 5.56 Å². The molecule has 0 aliphatic carbocycles. The fraction of sp³-hybridized carbons (Fsp3) is 0.211. The lowest BCUT2D eigenvalue weighted by Gasteiger charge is -2.13. The van der Waals surface area contributed by atoms with Gasteiger partial charge in [-0.1, -0.05) is 72.2 Å². The Balaban J connectivity index is 1.93. The molecule has 0 spiro atoms. The predicted molar refractivity (Wildman–Crippen MR) is 110 cm³/mol. The van der Waals surface area contributed by atoms with Crippen LogP contribution in [-0.2, 0) is 17.1 Å².